The fraction of sp³-hybridized carbons (Fsp3) is 0.300. The quantitative estimate of drug-likeness (QED) is 0.436. The monoisotopic (exact) mass is 463 g/mol. The molecule has 0 aliphatic carbocycles. The van der Waals surface area contributed by atoms with E-state index in [4.69, 9.17) is 18.9 Å². The lowest BCUT2D eigenvalue weighted by Crippen LogP contribution is -2.25. The second-order valence-electron chi connectivity index (χ2n) is 5.91. The SMILES string of the molecule is CCOc1cc(/C=N\NC(=O)CNc2ccc3c(c2)OCO3)cc(Br)c1OCC. The number of fused-ring (bicyclic) bond motifs is 1. The Morgan fingerprint density at radius 2 is 1.97 bits per heavy atom. The molecule has 2 N–H and O–H groups in total. The number of rotatable bonds is 9. The van der Waals surface area contributed by atoms with Crippen LogP contribution in [0.25, 0.3) is 0 Å². The number of anilines is 1. The average Bonchev–Trinajstić information content (AvgIpc) is 3.17. The van der Waals surface area contributed by atoms with Crippen LogP contribution < -0.4 is 29.7 Å². The smallest absolute Gasteiger partial charge is 0.259 e. The standard InChI is InChI=1S/C20H22BrN3O5/c1-3-26-18-8-13(7-15(21)20(18)27-4-2)10-23-24-19(25)11-22-14-5-6-16-17(9-14)29-12-28-16/h5-10,22H,3-4,11-12H2,1-2H3,(H,24,25)/b23-10-. The van der Waals surface area contributed by atoms with Gasteiger partial charge >= 0.3 is 0 Å². The number of hydrogen-bond donors (Lipinski definition) is 2. The molecule has 1 aliphatic heterocycles. The minimum absolute atomic E-state index is 0.0636. The Bertz CT molecular complexity index is 904. The number of carbonyl (C=O) groups is 1. The van der Waals surface area contributed by atoms with E-state index in [-0.39, 0.29) is 19.2 Å². The lowest BCUT2D eigenvalue weighted by molar-refractivity contribution is -0.119. The van der Waals surface area contributed by atoms with Gasteiger partial charge in [0.1, 0.15) is 0 Å². The predicted octanol–water partition coefficient (Wildman–Crippen LogP) is 3.54. The molecule has 0 saturated carbocycles. The van der Waals surface area contributed by atoms with Crippen molar-refractivity contribution in [2.45, 2.75) is 13.8 Å². The highest BCUT2D eigenvalue weighted by atomic mass is 79.9. The minimum atomic E-state index is -0.283. The average molecular weight is 464 g/mol. The third-order valence-electron chi connectivity index (χ3n) is 3.85. The van der Waals surface area contributed by atoms with Crippen molar-refractivity contribution in [1.82, 2.24) is 5.43 Å². The lowest BCUT2D eigenvalue weighted by atomic mass is 10.2. The molecule has 2 aromatic rings. The van der Waals surface area contributed by atoms with E-state index in [1.54, 1.807) is 24.4 Å². The molecule has 1 heterocycles. The van der Waals surface area contributed by atoms with Gasteiger partial charge in [0.2, 0.25) is 6.79 Å². The number of ether oxygens (including phenoxy) is 4. The van der Waals surface area contributed by atoms with Crippen LogP contribution >= 0.6 is 15.9 Å². The Labute approximate surface area is 177 Å². The Hall–Kier alpha value is -2.94. The van der Waals surface area contributed by atoms with Gasteiger partial charge in [-0.1, -0.05) is 0 Å². The van der Waals surface area contributed by atoms with Crippen LogP contribution in [0.4, 0.5) is 5.69 Å². The van der Waals surface area contributed by atoms with E-state index >= 15 is 0 Å². The van der Waals surface area contributed by atoms with Crippen molar-refractivity contribution < 1.29 is 23.7 Å². The first-order valence-corrected chi connectivity index (χ1v) is 9.94. The van der Waals surface area contributed by atoms with Crippen LogP contribution in [0.1, 0.15) is 19.4 Å². The van der Waals surface area contributed by atoms with Crippen molar-refractivity contribution in [3.05, 3.63) is 40.4 Å². The van der Waals surface area contributed by atoms with E-state index in [1.807, 2.05) is 26.0 Å². The first-order valence-electron chi connectivity index (χ1n) is 9.15. The summed E-state index contributed by atoms with van der Waals surface area (Å²) in [5.74, 6) is 2.32. The Morgan fingerprint density at radius 3 is 2.76 bits per heavy atom. The van der Waals surface area contributed by atoms with Gasteiger partial charge in [0.05, 0.1) is 30.4 Å². The second kappa shape index (κ2) is 10.0. The molecule has 0 saturated heterocycles. The number of amides is 1. The van der Waals surface area contributed by atoms with Gasteiger partial charge in [-0.15, -0.1) is 0 Å². The van der Waals surface area contributed by atoms with E-state index in [0.29, 0.717) is 36.2 Å². The predicted molar refractivity (Wildman–Crippen MR) is 113 cm³/mol. The Kier molecular flexibility index (Phi) is 7.18. The zero-order chi connectivity index (χ0) is 20.6. The molecule has 1 aliphatic rings. The maximum atomic E-state index is 12.0. The molecule has 1 amide bonds. The second-order valence-corrected chi connectivity index (χ2v) is 6.77. The molecular weight excluding hydrogens is 442 g/mol. The highest BCUT2D eigenvalue weighted by Gasteiger charge is 2.13. The number of carbonyl (C=O) groups excluding carboxylic acids is 1. The lowest BCUT2D eigenvalue weighted by Gasteiger charge is -2.13. The summed E-state index contributed by atoms with van der Waals surface area (Å²) in [6, 6.07) is 9.04. The van der Waals surface area contributed by atoms with Gasteiger partial charge in [-0.05, 0) is 59.6 Å². The molecule has 29 heavy (non-hydrogen) atoms. The van der Waals surface area contributed by atoms with Crippen molar-refractivity contribution in [2.24, 2.45) is 5.10 Å². The summed E-state index contributed by atoms with van der Waals surface area (Å²) in [5.41, 5.74) is 4.00. The molecule has 8 nitrogen and oxygen atoms in total. The van der Waals surface area contributed by atoms with Gasteiger partial charge in [0.15, 0.2) is 23.0 Å². The first kappa shape index (κ1) is 20.8. The topological polar surface area (TPSA) is 90.4 Å². The summed E-state index contributed by atoms with van der Waals surface area (Å²) in [6.45, 7) is 5.12. The first-order chi connectivity index (χ1) is 14.1. The van der Waals surface area contributed by atoms with Crippen LogP contribution in [0, 0.1) is 0 Å². The van der Waals surface area contributed by atoms with Crippen molar-refractivity contribution in [3.63, 3.8) is 0 Å². The molecule has 9 heteroatoms. The molecular formula is C20H22BrN3O5. The number of hydrazone groups is 1. The molecule has 2 aromatic carbocycles. The number of nitrogens with one attached hydrogen (secondary N) is 2. The van der Waals surface area contributed by atoms with Gasteiger partial charge in [-0.2, -0.15) is 5.10 Å². The molecule has 0 unspecified atom stereocenters. The Balaban J connectivity index is 1.55. The fourth-order valence-corrected chi connectivity index (χ4v) is 3.19. The molecule has 154 valence electrons. The van der Waals surface area contributed by atoms with Crippen LogP contribution in [-0.4, -0.2) is 38.7 Å². The van der Waals surface area contributed by atoms with Gasteiger partial charge < -0.3 is 24.3 Å². The van der Waals surface area contributed by atoms with Crippen LogP contribution in [0.2, 0.25) is 0 Å². The summed E-state index contributed by atoms with van der Waals surface area (Å²) in [4.78, 5) is 12.0. The highest BCUT2D eigenvalue weighted by Crippen LogP contribution is 2.36. The van der Waals surface area contributed by atoms with Crippen LogP contribution in [-0.2, 0) is 4.79 Å². The molecule has 0 bridgehead atoms. The van der Waals surface area contributed by atoms with E-state index in [9.17, 15) is 4.79 Å². The minimum Gasteiger partial charge on any atom is -0.490 e. The van der Waals surface area contributed by atoms with E-state index < -0.39 is 0 Å². The molecule has 3 rings (SSSR count). The highest BCUT2D eigenvalue weighted by molar-refractivity contribution is 9.10. The maximum absolute atomic E-state index is 12.0. The van der Waals surface area contributed by atoms with Gasteiger partial charge in [0.25, 0.3) is 5.91 Å². The molecule has 0 fully saturated rings. The largest absolute Gasteiger partial charge is 0.490 e. The van der Waals surface area contributed by atoms with E-state index in [1.165, 1.54) is 0 Å². The molecule has 0 aromatic heterocycles. The normalized spacial score (nSPS) is 12.1. The summed E-state index contributed by atoms with van der Waals surface area (Å²) < 4.78 is 22.6. The molecule has 0 atom stereocenters. The van der Waals surface area contributed by atoms with Gasteiger partial charge in [0, 0.05) is 11.8 Å². The summed E-state index contributed by atoms with van der Waals surface area (Å²) in [6.07, 6.45) is 1.54. The Morgan fingerprint density at radius 1 is 1.17 bits per heavy atom. The van der Waals surface area contributed by atoms with Crippen molar-refractivity contribution in [3.8, 4) is 23.0 Å². The zero-order valence-electron chi connectivity index (χ0n) is 16.2. The number of nitrogens with zero attached hydrogens (tertiary/aromatic N) is 1. The van der Waals surface area contributed by atoms with Crippen LogP contribution in [0.15, 0.2) is 39.9 Å². The third-order valence-corrected chi connectivity index (χ3v) is 4.44. The van der Waals surface area contributed by atoms with Crippen LogP contribution in [0.3, 0.4) is 0 Å². The molecule has 0 spiro atoms. The molecule has 0 radical (unpaired) electrons. The zero-order valence-corrected chi connectivity index (χ0v) is 17.7. The number of hydrogen-bond acceptors (Lipinski definition) is 7. The van der Waals surface area contributed by atoms with E-state index in [0.717, 1.165) is 15.7 Å². The summed E-state index contributed by atoms with van der Waals surface area (Å²) >= 11 is 3.48. The third kappa shape index (κ3) is 5.54. The van der Waals surface area contributed by atoms with Crippen molar-refractivity contribution >= 4 is 33.7 Å². The maximum Gasteiger partial charge on any atom is 0.259 e. The summed E-state index contributed by atoms with van der Waals surface area (Å²) in [5, 5.41) is 7.02. The van der Waals surface area contributed by atoms with E-state index in [2.05, 4.69) is 31.8 Å². The van der Waals surface area contributed by atoms with Gasteiger partial charge in [-0.3, -0.25) is 4.79 Å². The van der Waals surface area contributed by atoms with Gasteiger partial charge in [-0.25, -0.2) is 5.43 Å². The number of benzene rings is 2. The van der Waals surface area contributed by atoms with Crippen molar-refractivity contribution in [2.75, 3.05) is 31.9 Å². The summed E-state index contributed by atoms with van der Waals surface area (Å²) in [7, 11) is 0. The van der Waals surface area contributed by atoms with Crippen LogP contribution in [0.5, 0.6) is 23.0 Å². The fourth-order valence-electron chi connectivity index (χ4n) is 2.62. The number of halogens is 1. The van der Waals surface area contributed by atoms with Crippen molar-refractivity contribution in [1.29, 1.82) is 0 Å².